The highest BCUT2D eigenvalue weighted by atomic mass is 16.2. The van der Waals surface area contributed by atoms with Crippen LogP contribution in [-0.2, 0) is 16.0 Å². The molecule has 0 aliphatic heterocycles. The minimum Gasteiger partial charge on any atom is -0.348 e. The summed E-state index contributed by atoms with van der Waals surface area (Å²) in [6.07, 6.45) is 1.05. The molecule has 0 saturated carbocycles. The molecule has 0 fully saturated rings. The smallest absolute Gasteiger partial charge is 0.243 e. The monoisotopic (exact) mass is 318 g/mol. The molecular formula is C19H30N2O2. The number of carbonyl (C=O) groups excluding carboxylic acids is 2. The highest BCUT2D eigenvalue weighted by molar-refractivity contribution is 5.87. The van der Waals surface area contributed by atoms with Crippen LogP contribution in [0.4, 0.5) is 0 Å². The first-order valence-electron chi connectivity index (χ1n) is 8.37. The quantitative estimate of drug-likeness (QED) is 0.811. The van der Waals surface area contributed by atoms with Crippen molar-refractivity contribution in [1.29, 1.82) is 0 Å². The summed E-state index contributed by atoms with van der Waals surface area (Å²) in [5.41, 5.74) is 2.37. The summed E-state index contributed by atoms with van der Waals surface area (Å²) < 4.78 is 0. The van der Waals surface area contributed by atoms with Crippen LogP contribution in [0.2, 0.25) is 0 Å². The van der Waals surface area contributed by atoms with E-state index in [4.69, 9.17) is 0 Å². The van der Waals surface area contributed by atoms with Gasteiger partial charge in [-0.15, -0.1) is 0 Å². The standard InChI is InChI=1S/C19H30N2O2/c1-12(2)11-16-7-9-17(10-8-16)14(5)20-19(23)18(13(3)4)21-15(6)22/h7-10,12-14,18H,11H2,1-6H3,(H,20,23)(H,21,22). The highest BCUT2D eigenvalue weighted by Crippen LogP contribution is 2.16. The molecule has 4 nitrogen and oxygen atoms in total. The van der Waals surface area contributed by atoms with Crippen LogP contribution in [0.15, 0.2) is 24.3 Å². The maximum Gasteiger partial charge on any atom is 0.243 e. The van der Waals surface area contributed by atoms with Gasteiger partial charge in [0.25, 0.3) is 0 Å². The van der Waals surface area contributed by atoms with Crippen molar-refractivity contribution in [3.05, 3.63) is 35.4 Å². The van der Waals surface area contributed by atoms with Gasteiger partial charge in [0.2, 0.25) is 11.8 Å². The third-order valence-corrected chi connectivity index (χ3v) is 3.79. The Balaban J connectivity index is 2.71. The number of amides is 2. The molecule has 2 atom stereocenters. The van der Waals surface area contributed by atoms with Crippen LogP contribution in [0.25, 0.3) is 0 Å². The van der Waals surface area contributed by atoms with Gasteiger partial charge >= 0.3 is 0 Å². The Morgan fingerprint density at radius 1 is 0.957 bits per heavy atom. The second-order valence-corrected chi connectivity index (χ2v) is 6.99. The van der Waals surface area contributed by atoms with Crippen molar-refractivity contribution in [2.75, 3.05) is 0 Å². The summed E-state index contributed by atoms with van der Waals surface area (Å²) in [5, 5.41) is 5.71. The largest absolute Gasteiger partial charge is 0.348 e. The number of hydrogen-bond acceptors (Lipinski definition) is 2. The van der Waals surface area contributed by atoms with Gasteiger partial charge in [0.15, 0.2) is 0 Å². The Bertz CT molecular complexity index is 521. The van der Waals surface area contributed by atoms with Crippen molar-refractivity contribution in [2.24, 2.45) is 11.8 Å². The van der Waals surface area contributed by atoms with E-state index in [0.29, 0.717) is 5.92 Å². The van der Waals surface area contributed by atoms with Gasteiger partial charge in [0, 0.05) is 6.92 Å². The summed E-state index contributed by atoms with van der Waals surface area (Å²) >= 11 is 0. The molecule has 1 aromatic rings. The van der Waals surface area contributed by atoms with Gasteiger partial charge in [-0.3, -0.25) is 9.59 Å². The van der Waals surface area contributed by atoms with Crippen molar-refractivity contribution >= 4 is 11.8 Å². The zero-order valence-electron chi connectivity index (χ0n) is 15.1. The number of benzene rings is 1. The van der Waals surface area contributed by atoms with Crippen molar-refractivity contribution in [2.45, 2.75) is 60.0 Å². The van der Waals surface area contributed by atoms with E-state index in [1.807, 2.05) is 20.8 Å². The van der Waals surface area contributed by atoms with Crippen molar-refractivity contribution in [3.8, 4) is 0 Å². The molecule has 0 aliphatic rings. The predicted octanol–water partition coefficient (Wildman–Crippen LogP) is 3.22. The Hall–Kier alpha value is -1.84. The second-order valence-electron chi connectivity index (χ2n) is 6.99. The fourth-order valence-corrected chi connectivity index (χ4v) is 2.55. The fourth-order valence-electron chi connectivity index (χ4n) is 2.55. The van der Waals surface area contributed by atoms with E-state index >= 15 is 0 Å². The molecule has 2 amide bonds. The van der Waals surface area contributed by atoms with Crippen LogP contribution in [0.1, 0.15) is 58.7 Å². The Labute approximate surface area is 140 Å². The molecule has 0 radical (unpaired) electrons. The van der Waals surface area contributed by atoms with E-state index in [0.717, 1.165) is 12.0 Å². The molecule has 128 valence electrons. The normalized spacial score (nSPS) is 13.7. The lowest BCUT2D eigenvalue weighted by Crippen LogP contribution is -2.49. The van der Waals surface area contributed by atoms with Crippen LogP contribution in [0.5, 0.6) is 0 Å². The van der Waals surface area contributed by atoms with Gasteiger partial charge in [-0.2, -0.15) is 0 Å². The first-order valence-corrected chi connectivity index (χ1v) is 8.37. The molecule has 0 aliphatic carbocycles. The van der Waals surface area contributed by atoms with E-state index in [1.165, 1.54) is 12.5 Å². The lowest BCUT2D eigenvalue weighted by atomic mass is 9.99. The first kappa shape index (κ1) is 19.2. The number of carbonyl (C=O) groups is 2. The molecule has 0 heterocycles. The third-order valence-electron chi connectivity index (χ3n) is 3.79. The highest BCUT2D eigenvalue weighted by Gasteiger charge is 2.24. The van der Waals surface area contributed by atoms with Crippen LogP contribution >= 0.6 is 0 Å². The molecule has 0 spiro atoms. The summed E-state index contributed by atoms with van der Waals surface area (Å²) in [7, 11) is 0. The average Bonchev–Trinajstić information content (AvgIpc) is 2.44. The molecule has 1 rings (SSSR count). The minimum absolute atomic E-state index is 0.0412. The lowest BCUT2D eigenvalue weighted by Gasteiger charge is -2.23. The van der Waals surface area contributed by atoms with E-state index in [9.17, 15) is 9.59 Å². The topological polar surface area (TPSA) is 58.2 Å². The lowest BCUT2D eigenvalue weighted by molar-refractivity contribution is -0.129. The molecule has 2 unspecified atom stereocenters. The maximum atomic E-state index is 12.4. The van der Waals surface area contributed by atoms with Crippen LogP contribution in [0.3, 0.4) is 0 Å². The van der Waals surface area contributed by atoms with E-state index in [2.05, 4.69) is 48.7 Å². The SMILES string of the molecule is CC(=O)NC(C(=O)NC(C)c1ccc(CC(C)C)cc1)C(C)C. The zero-order chi connectivity index (χ0) is 17.6. The van der Waals surface area contributed by atoms with E-state index in [1.54, 1.807) is 0 Å². The van der Waals surface area contributed by atoms with Gasteiger partial charge < -0.3 is 10.6 Å². The van der Waals surface area contributed by atoms with Crippen LogP contribution in [0, 0.1) is 11.8 Å². The molecule has 23 heavy (non-hydrogen) atoms. The molecule has 0 aromatic heterocycles. The van der Waals surface area contributed by atoms with Crippen molar-refractivity contribution in [3.63, 3.8) is 0 Å². The van der Waals surface area contributed by atoms with Crippen LogP contribution < -0.4 is 10.6 Å². The molecular weight excluding hydrogens is 288 g/mol. The first-order chi connectivity index (χ1) is 10.7. The van der Waals surface area contributed by atoms with Crippen molar-refractivity contribution < 1.29 is 9.59 Å². The maximum absolute atomic E-state index is 12.4. The Kier molecular flexibility index (Phi) is 7.27. The summed E-state index contributed by atoms with van der Waals surface area (Å²) in [6.45, 7) is 11.6. The second kappa shape index (κ2) is 8.70. The zero-order valence-corrected chi connectivity index (χ0v) is 15.1. The van der Waals surface area contributed by atoms with Gasteiger partial charge in [-0.25, -0.2) is 0 Å². The summed E-state index contributed by atoms with van der Waals surface area (Å²) in [5.74, 6) is 0.334. The fraction of sp³-hybridized carbons (Fsp3) is 0.579. The third kappa shape index (κ3) is 6.43. The van der Waals surface area contributed by atoms with Gasteiger partial charge in [-0.05, 0) is 36.3 Å². The number of rotatable bonds is 7. The molecule has 2 N–H and O–H groups in total. The number of nitrogens with one attached hydrogen (secondary N) is 2. The molecule has 0 bridgehead atoms. The summed E-state index contributed by atoms with van der Waals surface area (Å²) in [6, 6.07) is 7.76. The van der Waals surface area contributed by atoms with Crippen LogP contribution in [-0.4, -0.2) is 17.9 Å². The summed E-state index contributed by atoms with van der Waals surface area (Å²) in [4.78, 5) is 23.6. The van der Waals surface area contributed by atoms with Gasteiger partial charge in [0.1, 0.15) is 6.04 Å². The molecule has 0 saturated heterocycles. The van der Waals surface area contributed by atoms with E-state index in [-0.39, 0.29) is 23.8 Å². The molecule has 1 aromatic carbocycles. The minimum atomic E-state index is -0.504. The van der Waals surface area contributed by atoms with Gasteiger partial charge in [-0.1, -0.05) is 52.0 Å². The van der Waals surface area contributed by atoms with Gasteiger partial charge in [0.05, 0.1) is 6.04 Å². The average molecular weight is 318 g/mol. The molecule has 4 heteroatoms. The van der Waals surface area contributed by atoms with Crippen molar-refractivity contribution in [1.82, 2.24) is 10.6 Å². The number of hydrogen-bond donors (Lipinski definition) is 2. The predicted molar refractivity (Wildman–Crippen MR) is 94.0 cm³/mol. The Morgan fingerprint density at radius 2 is 1.52 bits per heavy atom. The Morgan fingerprint density at radius 3 is 1.96 bits per heavy atom. The van der Waals surface area contributed by atoms with E-state index < -0.39 is 6.04 Å².